The largest absolute Gasteiger partial charge is 0.306 e. The second-order valence-corrected chi connectivity index (χ2v) is 4.96. The van der Waals surface area contributed by atoms with E-state index in [0.717, 1.165) is 18.5 Å². The van der Waals surface area contributed by atoms with Crippen molar-refractivity contribution in [2.75, 3.05) is 0 Å². The zero-order valence-electron chi connectivity index (χ0n) is 12.1. The summed E-state index contributed by atoms with van der Waals surface area (Å²) >= 11 is 0. The first kappa shape index (κ1) is 14.4. The Morgan fingerprint density at radius 1 is 1.35 bits per heavy atom. The number of hydrogen-bond donors (Lipinski definition) is 1. The molecule has 2 atom stereocenters. The SMILES string of the molecule is C#CC(CCC)NC(C)c1ccc(-n2ccnc2)cc1. The Balaban J connectivity index is 2.04. The van der Waals surface area contributed by atoms with Crippen LogP contribution in [-0.2, 0) is 0 Å². The highest BCUT2D eigenvalue weighted by Gasteiger charge is 2.10. The van der Waals surface area contributed by atoms with Crippen molar-refractivity contribution in [3.63, 3.8) is 0 Å². The minimum atomic E-state index is 0.142. The summed E-state index contributed by atoms with van der Waals surface area (Å²) in [6, 6.07) is 8.85. The summed E-state index contributed by atoms with van der Waals surface area (Å²) in [6.07, 6.45) is 13.2. The molecule has 2 aromatic rings. The molecule has 0 radical (unpaired) electrons. The number of hydrogen-bond acceptors (Lipinski definition) is 2. The first-order valence-electron chi connectivity index (χ1n) is 7.05. The summed E-state index contributed by atoms with van der Waals surface area (Å²) < 4.78 is 1.99. The highest BCUT2D eigenvalue weighted by molar-refractivity contribution is 5.35. The number of benzene rings is 1. The van der Waals surface area contributed by atoms with Crippen LogP contribution in [0.4, 0.5) is 0 Å². The number of imidazole rings is 1. The van der Waals surface area contributed by atoms with E-state index in [9.17, 15) is 0 Å². The molecule has 0 aliphatic rings. The molecule has 0 bridgehead atoms. The van der Waals surface area contributed by atoms with Crippen LogP contribution in [0.2, 0.25) is 0 Å². The van der Waals surface area contributed by atoms with E-state index < -0.39 is 0 Å². The van der Waals surface area contributed by atoms with Gasteiger partial charge in [0.05, 0.1) is 12.4 Å². The molecule has 0 amide bonds. The molecule has 0 aliphatic heterocycles. The molecule has 1 aromatic carbocycles. The number of rotatable bonds is 6. The normalized spacial score (nSPS) is 13.7. The molecule has 1 heterocycles. The lowest BCUT2D eigenvalue weighted by Gasteiger charge is -2.19. The number of nitrogens with one attached hydrogen (secondary N) is 1. The molecule has 1 N–H and O–H groups in total. The van der Waals surface area contributed by atoms with E-state index in [-0.39, 0.29) is 12.1 Å². The molecule has 0 fully saturated rings. The average molecular weight is 267 g/mol. The first-order chi connectivity index (χ1) is 9.74. The van der Waals surface area contributed by atoms with Crippen LogP contribution in [0, 0.1) is 12.3 Å². The van der Waals surface area contributed by atoms with Crippen LogP contribution in [0.15, 0.2) is 43.0 Å². The van der Waals surface area contributed by atoms with Crippen LogP contribution < -0.4 is 5.32 Å². The van der Waals surface area contributed by atoms with E-state index in [0.29, 0.717) is 0 Å². The minimum absolute atomic E-state index is 0.142. The molecule has 2 unspecified atom stereocenters. The maximum absolute atomic E-state index is 5.55. The lowest BCUT2D eigenvalue weighted by Crippen LogP contribution is -2.30. The molecule has 0 aliphatic carbocycles. The van der Waals surface area contributed by atoms with Gasteiger partial charge in [-0.3, -0.25) is 5.32 Å². The second-order valence-electron chi connectivity index (χ2n) is 4.96. The van der Waals surface area contributed by atoms with Crippen LogP contribution in [0.5, 0.6) is 0 Å². The van der Waals surface area contributed by atoms with Gasteiger partial charge in [-0.05, 0) is 31.0 Å². The third kappa shape index (κ3) is 3.49. The maximum Gasteiger partial charge on any atom is 0.0991 e. The van der Waals surface area contributed by atoms with E-state index in [1.807, 2.05) is 10.8 Å². The molecule has 1 aromatic heterocycles. The number of aromatic nitrogens is 2. The van der Waals surface area contributed by atoms with Gasteiger partial charge in [-0.25, -0.2) is 4.98 Å². The predicted molar refractivity (Wildman–Crippen MR) is 82.6 cm³/mol. The molecule has 3 nitrogen and oxygen atoms in total. The summed E-state index contributed by atoms with van der Waals surface area (Å²) in [6.45, 7) is 4.29. The van der Waals surface area contributed by atoms with Crippen molar-refractivity contribution < 1.29 is 0 Å². The number of nitrogens with zero attached hydrogens (tertiary/aromatic N) is 2. The third-order valence-corrected chi connectivity index (χ3v) is 3.43. The maximum atomic E-state index is 5.55. The van der Waals surface area contributed by atoms with Crippen LogP contribution in [-0.4, -0.2) is 15.6 Å². The van der Waals surface area contributed by atoms with E-state index in [4.69, 9.17) is 6.42 Å². The lowest BCUT2D eigenvalue weighted by molar-refractivity contribution is 0.495. The fourth-order valence-electron chi connectivity index (χ4n) is 2.25. The Morgan fingerprint density at radius 3 is 2.65 bits per heavy atom. The van der Waals surface area contributed by atoms with Gasteiger partial charge in [0.1, 0.15) is 0 Å². The fourth-order valence-corrected chi connectivity index (χ4v) is 2.25. The second kappa shape index (κ2) is 6.93. The average Bonchev–Trinajstić information content (AvgIpc) is 3.01. The zero-order valence-corrected chi connectivity index (χ0v) is 12.1. The van der Waals surface area contributed by atoms with Gasteiger partial charge in [0.15, 0.2) is 0 Å². The lowest BCUT2D eigenvalue weighted by atomic mass is 10.1. The molecule has 0 spiro atoms. The van der Waals surface area contributed by atoms with Crippen molar-refractivity contribution in [3.05, 3.63) is 48.5 Å². The van der Waals surface area contributed by atoms with Crippen molar-refractivity contribution in [1.29, 1.82) is 0 Å². The smallest absolute Gasteiger partial charge is 0.0991 e. The topological polar surface area (TPSA) is 29.9 Å². The van der Waals surface area contributed by atoms with Crippen molar-refractivity contribution >= 4 is 0 Å². The Morgan fingerprint density at radius 2 is 2.10 bits per heavy atom. The van der Waals surface area contributed by atoms with Gasteiger partial charge in [-0.1, -0.05) is 31.4 Å². The first-order valence-corrected chi connectivity index (χ1v) is 7.05. The predicted octanol–water partition coefficient (Wildman–Crippen LogP) is 3.32. The zero-order chi connectivity index (χ0) is 14.4. The minimum Gasteiger partial charge on any atom is -0.306 e. The van der Waals surface area contributed by atoms with Gasteiger partial charge >= 0.3 is 0 Å². The summed E-state index contributed by atoms with van der Waals surface area (Å²) in [4.78, 5) is 4.06. The number of terminal acetylenes is 1. The monoisotopic (exact) mass is 267 g/mol. The van der Waals surface area contributed by atoms with Gasteiger partial charge in [0.2, 0.25) is 0 Å². The fraction of sp³-hybridized carbons (Fsp3) is 0.353. The third-order valence-electron chi connectivity index (χ3n) is 3.43. The molecule has 3 heteroatoms. The Labute approximate surface area is 121 Å². The molecular formula is C17H21N3. The van der Waals surface area contributed by atoms with Crippen LogP contribution in [0.25, 0.3) is 5.69 Å². The van der Waals surface area contributed by atoms with E-state index >= 15 is 0 Å². The van der Waals surface area contributed by atoms with Gasteiger partial charge in [0, 0.05) is 24.1 Å². The van der Waals surface area contributed by atoms with Crippen LogP contribution >= 0.6 is 0 Å². The van der Waals surface area contributed by atoms with E-state index in [1.165, 1.54) is 5.56 Å². The molecule has 0 saturated carbocycles. The summed E-state index contributed by atoms with van der Waals surface area (Å²) in [5.41, 5.74) is 2.35. The molecule has 2 rings (SSSR count). The summed E-state index contributed by atoms with van der Waals surface area (Å²) in [5.74, 6) is 2.81. The quantitative estimate of drug-likeness (QED) is 0.814. The van der Waals surface area contributed by atoms with Crippen molar-refractivity contribution in [1.82, 2.24) is 14.9 Å². The van der Waals surface area contributed by atoms with Crippen molar-refractivity contribution in [3.8, 4) is 18.0 Å². The summed E-state index contributed by atoms with van der Waals surface area (Å²) in [7, 11) is 0. The Bertz CT molecular complexity index is 549. The van der Waals surface area contributed by atoms with E-state index in [2.05, 4.69) is 54.3 Å². The summed E-state index contributed by atoms with van der Waals surface area (Å²) in [5, 5.41) is 3.48. The highest BCUT2D eigenvalue weighted by atomic mass is 15.0. The van der Waals surface area contributed by atoms with Crippen molar-refractivity contribution in [2.24, 2.45) is 0 Å². The van der Waals surface area contributed by atoms with E-state index in [1.54, 1.807) is 12.5 Å². The van der Waals surface area contributed by atoms with Gasteiger partial charge in [0.25, 0.3) is 0 Å². The Kier molecular flexibility index (Phi) is 4.97. The van der Waals surface area contributed by atoms with Gasteiger partial charge < -0.3 is 4.57 Å². The Hall–Kier alpha value is -2.05. The molecular weight excluding hydrogens is 246 g/mol. The molecule has 20 heavy (non-hydrogen) atoms. The van der Waals surface area contributed by atoms with Gasteiger partial charge in [-0.15, -0.1) is 6.42 Å². The molecule has 104 valence electrons. The van der Waals surface area contributed by atoms with Crippen LogP contribution in [0.3, 0.4) is 0 Å². The van der Waals surface area contributed by atoms with Gasteiger partial charge in [-0.2, -0.15) is 0 Å². The van der Waals surface area contributed by atoms with Crippen LogP contribution in [0.1, 0.15) is 38.3 Å². The highest BCUT2D eigenvalue weighted by Crippen LogP contribution is 2.16. The van der Waals surface area contributed by atoms with Crippen molar-refractivity contribution in [2.45, 2.75) is 38.8 Å². The standard InChI is InChI=1S/C17H21N3/c1-4-6-16(5-2)19-14(3)15-7-9-17(10-8-15)20-12-11-18-13-20/h2,7-14,16,19H,4,6H2,1,3H3. The molecule has 0 saturated heterocycles.